The highest BCUT2D eigenvalue weighted by atomic mass is 35.5. The number of aryl methyl sites for hydroxylation is 1. The summed E-state index contributed by atoms with van der Waals surface area (Å²) in [6, 6.07) is 12.4. The lowest BCUT2D eigenvalue weighted by atomic mass is 10.1. The predicted molar refractivity (Wildman–Crippen MR) is 84.5 cm³/mol. The first-order chi connectivity index (χ1) is 10.1. The highest BCUT2D eigenvalue weighted by molar-refractivity contribution is 6.31. The van der Waals surface area contributed by atoms with E-state index in [4.69, 9.17) is 16.7 Å². The number of hydrogen-bond acceptors (Lipinski definition) is 2. The van der Waals surface area contributed by atoms with Gasteiger partial charge in [-0.2, -0.15) is 0 Å². The van der Waals surface area contributed by atoms with Crippen molar-refractivity contribution in [2.45, 2.75) is 6.92 Å². The Bertz CT molecular complexity index is 729. The molecule has 0 heterocycles. The van der Waals surface area contributed by atoms with Crippen LogP contribution < -0.4 is 5.32 Å². The molecule has 2 aromatic rings. The van der Waals surface area contributed by atoms with Gasteiger partial charge in [0.15, 0.2) is 0 Å². The number of anilines is 1. The summed E-state index contributed by atoms with van der Waals surface area (Å²) in [7, 11) is 0. The minimum Gasteiger partial charge on any atom is -0.384 e. The smallest absolute Gasteiger partial charge is 0.256 e. The van der Waals surface area contributed by atoms with Crippen molar-refractivity contribution in [1.29, 1.82) is 0 Å². The number of nitrogens with one attached hydrogen (secondary N) is 1. The molecular formula is C17H14ClNO2. The van der Waals surface area contributed by atoms with Crippen molar-refractivity contribution in [1.82, 2.24) is 0 Å². The van der Waals surface area contributed by atoms with Crippen LogP contribution in [0.1, 0.15) is 21.5 Å². The Hall–Kier alpha value is -2.28. The van der Waals surface area contributed by atoms with Gasteiger partial charge in [-0.05, 0) is 36.8 Å². The summed E-state index contributed by atoms with van der Waals surface area (Å²) >= 11 is 5.93. The Morgan fingerprint density at radius 1 is 1.29 bits per heavy atom. The molecule has 0 aliphatic rings. The monoisotopic (exact) mass is 299 g/mol. The molecule has 2 aromatic carbocycles. The number of carbonyl (C=O) groups is 1. The van der Waals surface area contributed by atoms with E-state index >= 15 is 0 Å². The second-order valence-corrected chi connectivity index (χ2v) is 4.86. The Balaban J connectivity index is 2.30. The molecule has 0 spiro atoms. The quantitative estimate of drug-likeness (QED) is 0.836. The van der Waals surface area contributed by atoms with Gasteiger partial charge in [0.25, 0.3) is 5.91 Å². The Labute approximate surface area is 128 Å². The third kappa shape index (κ3) is 3.85. The molecule has 1 amide bonds. The van der Waals surface area contributed by atoms with E-state index in [1.165, 1.54) is 0 Å². The molecular weight excluding hydrogens is 286 g/mol. The molecule has 0 radical (unpaired) electrons. The number of benzene rings is 2. The van der Waals surface area contributed by atoms with Crippen LogP contribution in [0.4, 0.5) is 5.69 Å². The molecule has 21 heavy (non-hydrogen) atoms. The number of amides is 1. The summed E-state index contributed by atoms with van der Waals surface area (Å²) in [4.78, 5) is 12.3. The van der Waals surface area contributed by atoms with Crippen LogP contribution in [0.2, 0.25) is 5.02 Å². The summed E-state index contributed by atoms with van der Waals surface area (Å²) in [5.41, 5.74) is 2.62. The molecule has 0 aliphatic heterocycles. The molecule has 2 rings (SSSR count). The lowest BCUT2D eigenvalue weighted by Crippen LogP contribution is -2.14. The van der Waals surface area contributed by atoms with Crippen molar-refractivity contribution in [3.8, 4) is 11.8 Å². The van der Waals surface area contributed by atoms with Crippen LogP contribution in [0.15, 0.2) is 42.5 Å². The minimum absolute atomic E-state index is 0.227. The molecule has 2 N–H and O–H groups in total. The minimum atomic E-state index is -0.242. The van der Waals surface area contributed by atoms with Crippen molar-refractivity contribution < 1.29 is 9.90 Å². The van der Waals surface area contributed by atoms with Gasteiger partial charge in [-0.25, -0.2) is 0 Å². The Morgan fingerprint density at radius 3 is 2.81 bits per heavy atom. The van der Waals surface area contributed by atoms with Crippen LogP contribution >= 0.6 is 11.6 Å². The summed E-state index contributed by atoms with van der Waals surface area (Å²) in [5.74, 6) is 5.13. The number of halogens is 1. The number of hydrogen-bond donors (Lipinski definition) is 2. The average molecular weight is 300 g/mol. The van der Waals surface area contributed by atoms with Crippen LogP contribution in [0.25, 0.3) is 0 Å². The summed E-state index contributed by atoms with van der Waals surface area (Å²) in [6.45, 7) is 1.62. The fraction of sp³-hybridized carbons (Fsp3) is 0.118. The first-order valence-corrected chi connectivity index (χ1v) is 6.76. The fourth-order valence-corrected chi connectivity index (χ4v) is 2.04. The van der Waals surface area contributed by atoms with E-state index in [9.17, 15) is 4.79 Å². The van der Waals surface area contributed by atoms with Crippen molar-refractivity contribution in [2.75, 3.05) is 11.9 Å². The third-order valence-electron chi connectivity index (χ3n) is 2.92. The zero-order valence-corrected chi connectivity index (χ0v) is 12.2. The van der Waals surface area contributed by atoms with Crippen LogP contribution in [-0.2, 0) is 0 Å². The standard InChI is InChI=1S/C17H14ClNO2/c1-12-8-9-14(18)11-15(12)17(21)19-16-7-3-2-5-13(16)6-4-10-20/h2-3,5,7-9,11,20H,10H2,1H3,(H,19,21). The van der Waals surface area contributed by atoms with Gasteiger partial charge >= 0.3 is 0 Å². The van der Waals surface area contributed by atoms with Gasteiger partial charge in [0.05, 0.1) is 5.69 Å². The van der Waals surface area contributed by atoms with Gasteiger partial charge < -0.3 is 10.4 Å². The van der Waals surface area contributed by atoms with Crippen molar-refractivity contribution >= 4 is 23.2 Å². The van der Waals surface area contributed by atoms with Gasteiger partial charge in [0.1, 0.15) is 6.61 Å². The van der Waals surface area contributed by atoms with Gasteiger partial charge in [0, 0.05) is 16.1 Å². The van der Waals surface area contributed by atoms with E-state index in [-0.39, 0.29) is 12.5 Å². The first-order valence-electron chi connectivity index (χ1n) is 6.38. The maximum absolute atomic E-state index is 12.3. The lowest BCUT2D eigenvalue weighted by Gasteiger charge is -2.09. The molecule has 0 saturated carbocycles. The predicted octanol–water partition coefficient (Wildman–Crippen LogP) is 3.24. The van der Waals surface area contributed by atoms with Crippen LogP contribution in [-0.4, -0.2) is 17.6 Å². The van der Waals surface area contributed by atoms with Gasteiger partial charge in [0.2, 0.25) is 0 Å². The van der Waals surface area contributed by atoms with Crippen LogP contribution in [0, 0.1) is 18.8 Å². The molecule has 0 unspecified atom stereocenters. The number of para-hydroxylation sites is 1. The Morgan fingerprint density at radius 2 is 2.05 bits per heavy atom. The van der Waals surface area contributed by atoms with Crippen molar-refractivity contribution in [3.63, 3.8) is 0 Å². The lowest BCUT2D eigenvalue weighted by molar-refractivity contribution is 0.102. The van der Waals surface area contributed by atoms with E-state index in [0.29, 0.717) is 21.8 Å². The number of rotatable bonds is 2. The number of carbonyl (C=O) groups excluding carboxylic acids is 1. The maximum Gasteiger partial charge on any atom is 0.256 e. The topological polar surface area (TPSA) is 49.3 Å². The van der Waals surface area contributed by atoms with Crippen LogP contribution in [0.3, 0.4) is 0 Å². The number of aliphatic hydroxyl groups is 1. The molecule has 0 aromatic heterocycles. The second-order valence-electron chi connectivity index (χ2n) is 4.42. The van der Waals surface area contributed by atoms with Crippen molar-refractivity contribution in [3.05, 3.63) is 64.2 Å². The molecule has 3 nitrogen and oxygen atoms in total. The highest BCUT2D eigenvalue weighted by Gasteiger charge is 2.11. The summed E-state index contributed by atoms with van der Waals surface area (Å²) in [5, 5.41) is 12.1. The number of aliphatic hydroxyl groups excluding tert-OH is 1. The molecule has 0 atom stereocenters. The van der Waals surface area contributed by atoms with Gasteiger partial charge in [-0.15, -0.1) is 0 Å². The molecule has 4 heteroatoms. The molecule has 0 aliphatic carbocycles. The largest absolute Gasteiger partial charge is 0.384 e. The van der Waals surface area contributed by atoms with Crippen molar-refractivity contribution in [2.24, 2.45) is 0 Å². The summed E-state index contributed by atoms with van der Waals surface area (Å²) < 4.78 is 0. The van der Waals surface area contributed by atoms with Crippen LogP contribution in [0.5, 0.6) is 0 Å². The average Bonchev–Trinajstić information content (AvgIpc) is 2.48. The zero-order valence-electron chi connectivity index (χ0n) is 11.5. The van der Waals surface area contributed by atoms with E-state index in [0.717, 1.165) is 5.56 Å². The van der Waals surface area contributed by atoms with Gasteiger partial charge in [-0.1, -0.05) is 41.6 Å². The maximum atomic E-state index is 12.3. The SMILES string of the molecule is Cc1ccc(Cl)cc1C(=O)Nc1ccccc1C#CCO. The zero-order chi connectivity index (χ0) is 15.2. The second kappa shape index (κ2) is 6.94. The van der Waals surface area contributed by atoms with E-state index in [2.05, 4.69) is 17.2 Å². The Kier molecular flexibility index (Phi) is 4.99. The summed E-state index contributed by atoms with van der Waals surface area (Å²) in [6.07, 6.45) is 0. The first kappa shape index (κ1) is 15.1. The van der Waals surface area contributed by atoms with E-state index < -0.39 is 0 Å². The van der Waals surface area contributed by atoms with Gasteiger partial charge in [-0.3, -0.25) is 4.79 Å². The van der Waals surface area contributed by atoms with E-state index in [1.807, 2.05) is 19.1 Å². The van der Waals surface area contributed by atoms with E-state index in [1.54, 1.807) is 30.3 Å². The highest BCUT2D eigenvalue weighted by Crippen LogP contribution is 2.19. The molecule has 106 valence electrons. The fourth-order valence-electron chi connectivity index (χ4n) is 1.86. The third-order valence-corrected chi connectivity index (χ3v) is 3.16. The molecule has 0 fully saturated rings. The molecule has 0 bridgehead atoms. The molecule has 0 saturated heterocycles. The normalized spacial score (nSPS) is 9.67.